The summed E-state index contributed by atoms with van der Waals surface area (Å²) >= 11 is 0. The van der Waals surface area contributed by atoms with Crippen LogP contribution in [0.5, 0.6) is 0 Å². The van der Waals surface area contributed by atoms with Crippen molar-refractivity contribution in [3.8, 4) is 0 Å². The highest BCUT2D eigenvalue weighted by atomic mass is 15.3. The number of likely N-dealkylation sites (tertiary alicyclic amines) is 1. The minimum absolute atomic E-state index is 0.304. The maximum Gasteiger partial charge on any atom is 0.0335 e. The highest BCUT2D eigenvalue weighted by molar-refractivity contribution is 5.00. The van der Waals surface area contributed by atoms with Crippen LogP contribution in [0.4, 0.5) is 0 Å². The first-order valence-electron chi connectivity index (χ1n) is 8.10. The van der Waals surface area contributed by atoms with Crippen LogP contribution >= 0.6 is 0 Å². The van der Waals surface area contributed by atoms with Crippen molar-refractivity contribution in [2.75, 3.05) is 33.7 Å². The molecule has 0 bridgehead atoms. The van der Waals surface area contributed by atoms with Crippen molar-refractivity contribution in [1.82, 2.24) is 9.80 Å². The second-order valence-corrected chi connectivity index (χ2v) is 7.38. The van der Waals surface area contributed by atoms with E-state index in [1.807, 2.05) is 0 Å². The Bertz CT molecular complexity index is 290. The SMILES string of the molecule is CC(C)C1CCCC(CN)(N2CCC(N(C)C)C2)C1. The van der Waals surface area contributed by atoms with Crippen molar-refractivity contribution in [3.05, 3.63) is 0 Å². The highest BCUT2D eigenvalue weighted by Crippen LogP contribution is 2.41. The molecule has 3 unspecified atom stereocenters. The smallest absolute Gasteiger partial charge is 0.0335 e. The first-order chi connectivity index (χ1) is 8.98. The normalized spacial score (nSPS) is 37.4. The van der Waals surface area contributed by atoms with E-state index in [1.54, 1.807) is 0 Å². The zero-order valence-corrected chi connectivity index (χ0v) is 13.4. The molecular weight excluding hydrogens is 234 g/mol. The lowest BCUT2D eigenvalue weighted by atomic mass is 9.71. The van der Waals surface area contributed by atoms with E-state index in [-0.39, 0.29) is 0 Å². The van der Waals surface area contributed by atoms with E-state index < -0.39 is 0 Å². The third kappa shape index (κ3) is 3.14. The van der Waals surface area contributed by atoms with Gasteiger partial charge in [-0.15, -0.1) is 0 Å². The monoisotopic (exact) mass is 267 g/mol. The minimum Gasteiger partial charge on any atom is -0.329 e. The zero-order chi connectivity index (χ0) is 14.0. The Labute approximate surface area is 119 Å². The Morgan fingerprint density at radius 3 is 2.58 bits per heavy atom. The number of nitrogens with two attached hydrogens (primary N) is 1. The Balaban J connectivity index is 2.06. The van der Waals surface area contributed by atoms with Crippen molar-refractivity contribution in [2.45, 2.75) is 57.5 Å². The summed E-state index contributed by atoms with van der Waals surface area (Å²) in [6.45, 7) is 8.06. The summed E-state index contributed by atoms with van der Waals surface area (Å²) in [5.74, 6) is 1.68. The Kier molecular flexibility index (Phi) is 4.91. The van der Waals surface area contributed by atoms with Crippen LogP contribution in [0.25, 0.3) is 0 Å². The van der Waals surface area contributed by atoms with Gasteiger partial charge in [0.25, 0.3) is 0 Å². The van der Waals surface area contributed by atoms with Crippen LogP contribution in [-0.4, -0.2) is 55.1 Å². The largest absolute Gasteiger partial charge is 0.329 e. The average Bonchev–Trinajstić information content (AvgIpc) is 2.89. The van der Waals surface area contributed by atoms with Crippen LogP contribution in [0, 0.1) is 11.8 Å². The summed E-state index contributed by atoms with van der Waals surface area (Å²) in [7, 11) is 4.42. The molecule has 0 aromatic carbocycles. The molecule has 1 saturated carbocycles. The molecule has 1 aliphatic carbocycles. The van der Waals surface area contributed by atoms with Gasteiger partial charge in [0.2, 0.25) is 0 Å². The maximum atomic E-state index is 6.25. The van der Waals surface area contributed by atoms with E-state index in [0.717, 1.165) is 24.4 Å². The van der Waals surface area contributed by atoms with Crippen molar-refractivity contribution in [3.63, 3.8) is 0 Å². The molecule has 3 atom stereocenters. The van der Waals surface area contributed by atoms with E-state index in [4.69, 9.17) is 5.73 Å². The van der Waals surface area contributed by atoms with E-state index in [0.29, 0.717) is 5.54 Å². The van der Waals surface area contributed by atoms with Gasteiger partial charge in [-0.05, 0) is 45.2 Å². The van der Waals surface area contributed by atoms with Gasteiger partial charge in [0, 0.05) is 31.2 Å². The van der Waals surface area contributed by atoms with E-state index >= 15 is 0 Å². The predicted octanol–water partition coefficient (Wildman–Crippen LogP) is 2.17. The molecular formula is C16H33N3. The quantitative estimate of drug-likeness (QED) is 0.847. The van der Waals surface area contributed by atoms with Gasteiger partial charge in [0.05, 0.1) is 0 Å². The fraction of sp³-hybridized carbons (Fsp3) is 1.00. The van der Waals surface area contributed by atoms with Crippen LogP contribution in [0.15, 0.2) is 0 Å². The Morgan fingerprint density at radius 2 is 2.05 bits per heavy atom. The number of likely N-dealkylation sites (N-methyl/N-ethyl adjacent to an activating group) is 1. The van der Waals surface area contributed by atoms with Crippen molar-refractivity contribution in [1.29, 1.82) is 0 Å². The summed E-state index contributed by atoms with van der Waals surface area (Å²) in [4.78, 5) is 5.11. The van der Waals surface area contributed by atoms with Gasteiger partial charge in [-0.3, -0.25) is 4.90 Å². The molecule has 2 aliphatic rings. The third-order valence-corrected chi connectivity index (χ3v) is 5.75. The minimum atomic E-state index is 0.304. The molecule has 0 aromatic heterocycles. The lowest BCUT2D eigenvalue weighted by Gasteiger charge is -2.48. The van der Waals surface area contributed by atoms with Gasteiger partial charge >= 0.3 is 0 Å². The van der Waals surface area contributed by atoms with Crippen LogP contribution < -0.4 is 5.73 Å². The van der Waals surface area contributed by atoms with Crippen molar-refractivity contribution < 1.29 is 0 Å². The summed E-state index contributed by atoms with van der Waals surface area (Å²) in [6, 6.07) is 0.725. The van der Waals surface area contributed by atoms with E-state index in [9.17, 15) is 0 Å². The Hall–Kier alpha value is -0.120. The van der Waals surface area contributed by atoms with Crippen LogP contribution in [0.2, 0.25) is 0 Å². The van der Waals surface area contributed by atoms with Crippen LogP contribution in [-0.2, 0) is 0 Å². The summed E-state index contributed by atoms with van der Waals surface area (Å²) in [6.07, 6.45) is 6.71. The lowest BCUT2D eigenvalue weighted by molar-refractivity contribution is 0.0390. The van der Waals surface area contributed by atoms with Gasteiger partial charge in [0.15, 0.2) is 0 Å². The van der Waals surface area contributed by atoms with Gasteiger partial charge in [-0.1, -0.05) is 26.7 Å². The molecule has 112 valence electrons. The molecule has 3 heteroatoms. The molecule has 0 radical (unpaired) electrons. The fourth-order valence-electron chi connectivity index (χ4n) is 4.15. The molecule has 3 nitrogen and oxygen atoms in total. The first-order valence-corrected chi connectivity index (χ1v) is 8.10. The van der Waals surface area contributed by atoms with Crippen LogP contribution in [0.1, 0.15) is 46.0 Å². The molecule has 2 N–H and O–H groups in total. The second kappa shape index (κ2) is 6.11. The van der Waals surface area contributed by atoms with Gasteiger partial charge < -0.3 is 10.6 Å². The third-order valence-electron chi connectivity index (χ3n) is 5.75. The topological polar surface area (TPSA) is 32.5 Å². The first kappa shape index (κ1) is 15.3. The molecule has 0 spiro atoms. The maximum absolute atomic E-state index is 6.25. The molecule has 1 heterocycles. The standard InChI is InChI=1S/C16H33N3/c1-13(2)14-6-5-8-16(10-14,12-17)19-9-7-15(11-19)18(3)4/h13-15H,5-12,17H2,1-4H3. The number of hydrogen-bond acceptors (Lipinski definition) is 3. The van der Waals surface area contributed by atoms with E-state index in [2.05, 4.69) is 37.7 Å². The van der Waals surface area contributed by atoms with Gasteiger partial charge in [0.1, 0.15) is 0 Å². The van der Waals surface area contributed by atoms with Gasteiger partial charge in [-0.25, -0.2) is 0 Å². The van der Waals surface area contributed by atoms with Crippen molar-refractivity contribution in [2.24, 2.45) is 17.6 Å². The molecule has 1 aliphatic heterocycles. The molecule has 19 heavy (non-hydrogen) atoms. The lowest BCUT2D eigenvalue weighted by Crippen LogP contribution is -2.56. The second-order valence-electron chi connectivity index (χ2n) is 7.38. The number of rotatable bonds is 4. The fourth-order valence-corrected chi connectivity index (χ4v) is 4.15. The highest BCUT2D eigenvalue weighted by Gasteiger charge is 2.43. The Morgan fingerprint density at radius 1 is 1.32 bits per heavy atom. The van der Waals surface area contributed by atoms with Gasteiger partial charge in [-0.2, -0.15) is 0 Å². The number of nitrogens with zero attached hydrogens (tertiary/aromatic N) is 2. The summed E-state index contributed by atoms with van der Waals surface area (Å²) in [5, 5.41) is 0. The average molecular weight is 267 g/mol. The predicted molar refractivity (Wildman–Crippen MR) is 82.2 cm³/mol. The molecule has 0 amide bonds. The molecule has 1 saturated heterocycles. The van der Waals surface area contributed by atoms with E-state index in [1.165, 1.54) is 45.2 Å². The van der Waals surface area contributed by atoms with Crippen LogP contribution in [0.3, 0.4) is 0 Å². The molecule has 2 fully saturated rings. The number of hydrogen-bond donors (Lipinski definition) is 1. The zero-order valence-electron chi connectivity index (χ0n) is 13.4. The molecule has 2 rings (SSSR count). The summed E-state index contributed by atoms with van der Waals surface area (Å²) < 4.78 is 0. The molecule has 0 aromatic rings. The summed E-state index contributed by atoms with van der Waals surface area (Å²) in [5.41, 5.74) is 6.55. The van der Waals surface area contributed by atoms with Crippen molar-refractivity contribution >= 4 is 0 Å².